The number of rotatable bonds is 2. The normalized spacial score (nSPS) is 10.2. The number of esters is 1. The molecule has 0 amide bonds. The maximum absolute atomic E-state index is 11.6. The highest BCUT2D eigenvalue weighted by molar-refractivity contribution is 9.10. The maximum Gasteiger partial charge on any atom is 0.350 e. The van der Waals surface area contributed by atoms with Crippen LogP contribution in [0.25, 0.3) is 11.3 Å². The van der Waals surface area contributed by atoms with Crippen molar-refractivity contribution in [2.75, 3.05) is 12.8 Å². The number of carbonyl (C=O) groups is 1. The van der Waals surface area contributed by atoms with Crippen LogP contribution in [0.2, 0.25) is 0 Å². The molecule has 2 aromatic rings. The van der Waals surface area contributed by atoms with Gasteiger partial charge in [0.2, 0.25) is 0 Å². The van der Waals surface area contributed by atoms with Crippen LogP contribution in [0.1, 0.15) is 9.67 Å². The van der Waals surface area contributed by atoms with Crippen LogP contribution < -0.4 is 5.73 Å². The summed E-state index contributed by atoms with van der Waals surface area (Å²) in [6.07, 6.45) is 0. The van der Waals surface area contributed by atoms with Crippen LogP contribution in [-0.4, -0.2) is 18.1 Å². The first-order valence-electron chi connectivity index (χ1n) is 4.72. The van der Waals surface area contributed by atoms with E-state index in [1.807, 2.05) is 24.3 Å². The second-order valence-corrected chi connectivity index (χ2v) is 5.18. The molecule has 2 N–H and O–H groups in total. The molecule has 6 heteroatoms. The van der Waals surface area contributed by atoms with Crippen molar-refractivity contribution < 1.29 is 9.53 Å². The number of thiazole rings is 1. The monoisotopic (exact) mass is 312 g/mol. The molecule has 4 nitrogen and oxygen atoms in total. The predicted octanol–water partition coefficient (Wildman–Crippen LogP) is 2.94. The van der Waals surface area contributed by atoms with Crippen LogP contribution in [0.5, 0.6) is 0 Å². The lowest BCUT2D eigenvalue weighted by atomic mass is 10.1. The number of anilines is 1. The molecule has 0 saturated carbocycles. The Morgan fingerprint density at radius 3 is 2.94 bits per heavy atom. The zero-order chi connectivity index (χ0) is 12.4. The number of aromatic nitrogens is 1. The molecule has 0 atom stereocenters. The summed E-state index contributed by atoms with van der Waals surface area (Å²) < 4.78 is 5.62. The van der Waals surface area contributed by atoms with E-state index in [4.69, 9.17) is 10.5 Å². The van der Waals surface area contributed by atoms with Gasteiger partial charge in [-0.3, -0.25) is 0 Å². The quantitative estimate of drug-likeness (QED) is 0.866. The first-order chi connectivity index (χ1) is 8.11. The predicted molar refractivity (Wildman–Crippen MR) is 71.0 cm³/mol. The fourth-order valence-corrected chi connectivity index (χ4v) is 2.57. The van der Waals surface area contributed by atoms with E-state index in [0.29, 0.717) is 15.7 Å². The summed E-state index contributed by atoms with van der Waals surface area (Å²) in [6, 6.07) is 7.51. The number of benzene rings is 1. The Kier molecular flexibility index (Phi) is 3.44. The minimum Gasteiger partial charge on any atom is -0.465 e. The number of hydrogen-bond acceptors (Lipinski definition) is 5. The summed E-state index contributed by atoms with van der Waals surface area (Å²) in [7, 11) is 1.34. The number of nitrogen functional groups attached to an aromatic ring is 1. The van der Waals surface area contributed by atoms with Gasteiger partial charge in [0.15, 0.2) is 5.13 Å². The molecular weight excluding hydrogens is 304 g/mol. The maximum atomic E-state index is 11.6. The van der Waals surface area contributed by atoms with Crippen molar-refractivity contribution >= 4 is 38.4 Å². The third-order valence-corrected chi connectivity index (χ3v) is 3.47. The Morgan fingerprint density at radius 2 is 2.29 bits per heavy atom. The Labute approximate surface area is 111 Å². The van der Waals surface area contributed by atoms with Crippen LogP contribution in [0, 0.1) is 0 Å². The van der Waals surface area contributed by atoms with Gasteiger partial charge >= 0.3 is 5.97 Å². The van der Waals surface area contributed by atoms with Gasteiger partial charge in [-0.05, 0) is 12.1 Å². The summed E-state index contributed by atoms with van der Waals surface area (Å²) in [5.74, 6) is -0.422. The van der Waals surface area contributed by atoms with Gasteiger partial charge < -0.3 is 10.5 Å². The van der Waals surface area contributed by atoms with Gasteiger partial charge in [0, 0.05) is 10.0 Å². The fourth-order valence-electron chi connectivity index (χ4n) is 1.40. The smallest absolute Gasteiger partial charge is 0.350 e. The molecule has 0 fully saturated rings. The standard InChI is InChI=1S/C11H9BrN2O2S/c1-16-10(15)9-8(14-11(13)17-9)6-3-2-4-7(12)5-6/h2-5H,1H3,(H2,13,14). The number of methoxy groups -OCH3 is 1. The van der Waals surface area contributed by atoms with Crippen LogP contribution in [-0.2, 0) is 4.74 Å². The molecule has 0 aliphatic rings. The molecule has 0 unspecified atom stereocenters. The fraction of sp³-hybridized carbons (Fsp3) is 0.0909. The van der Waals surface area contributed by atoms with Crippen molar-refractivity contribution in [1.82, 2.24) is 4.98 Å². The topological polar surface area (TPSA) is 65.2 Å². The van der Waals surface area contributed by atoms with E-state index in [1.165, 1.54) is 7.11 Å². The molecule has 1 heterocycles. The SMILES string of the molecule is COC(=O)c1sc(N)nc1-c1cccc(Br)c1. The van der Waals surface area contributed by atoms with Crippen molar-refractivity contribution in [2.24, 2.45) is 0 Å². The highest BCUT2D eigenvalue weighted by Crippen LogP contribution is 2.31. The number of carbonyl (C=O) groups excluding carboxylic acids is 1. The van der Waals surface area contributed by atoms with E-state index in [9.17, 15) is 4.79 Å². The molecule has 2 rings (SSSR count). The van der Waals surface area contributed by atoms with Gasteiger partial charge in [0.1, 0.15) is 4.88 Å². The van der Waals surface area contributed by atoms with Gasteiger partial charge in [0.05, 0.1) is 12.8 Å². The molecular formula is C11H9BrN2O2S. The Balaban J connectivity index is 2.55. The van der Waals surface area contributed by atoms with Crippen molar-refractivity contribution in [2.45, 2.75) is 0 Å². The third-order valence-electron chi connectivity index (χ3n) is 2.11. The highest BCUT2D eigenvalue weighted by atomic mass is 79.9. The van der Waals surface area contributed by atoms with Gasteiger partial charge in [-0.1, -0.05) is 39.4 Å². The first kappa shape index (κ1) is 12.1. The molecule has 88 valence electrons. The molecule has 0 radical (unpaired) electrons. The minimum atomic E-state index is -0.422. The van der Waals surface area contributed by atoms with Gasteiger partial charge in [-0.15, -0.1) is 0 Å². The number of halogens is 1. The third kappa shape index (κ3) is 2.48. The molecule has 0 aliphatic heterocycles. The average Bonchev–Trinajstić information content (AvgIpc) is 2.70. The summed E-state index contributed by atoms with van der Waals surface area (Å²) >= 11 is 4.50. The van der Waals surface area contributed by atoms with Crippen molar-refractivity contribution in [1.29, 1.82) is 0 Å². The minimum absolute atomic E-state index is 0.348. The van der Waals surface area contributed by atoms with E-state index in [1.54, 1.807) is 0 Å². The van der Waals surface area contributed by atoms with Crippen LogP contribution in [0.15, 0.2) is 28.7 Å². The Bertz CT molecular complexity index is 568. The number of hydrogen-bond donors (Lipinski definition) is 1. The molecule has 0 bridgehead atoms. The van der Waals surface area contributed by atoms with E-state index >= 15 is 0 Å². The number of nitrogens with zero attached hydrogens (tertiary/aromatic N) is 1. The molecule has 0 spiro atoms. The largest absolute Gasteiger partial charge is 0.465 e. The Morgan fingerprint density at radius 1 is 1.53 bits per heavy atom. The number of nitrogens with two attached hydrogens (primary N) is 1. The summed E-state index contributed by atoms with van der Waals surface area (Å²) in [4.78, 5) is 16.2. The molecule has 1 aromatic heterocycles. The summed E-state index contributed by atoms with van der Waals surface area (Å²) in [5, 5.41) is 0.348. The van der Waals surface area contributed by atoms with Crippen LogP contribution in [0.3, 0.4) is 0 Å². The van der Waals surface area contributed by atoms with E-state index < -0.39 is 5.97 Å². The zero-order valence-electron chi connectivity index (χ0n) is 8.94. The molecule has 0 saturated heterocycles. The lowest BCUT2D eigenvalue weighted by Crippen LogP contribution is -2.00. The summed E-state index contributed by atoms with van der Waals surface area (Å²) in [5.41, 5.74) is 7.02. The van der Waals surface area contributed by atoms with Crippen LogP contribution >= 0.6 is 27.3 Å². The van der Waals surface area contributed by atoms with Crippen molar-refractivity contribution in [3.8, 4) is 11.3 Å². The number of ether oxygens (including phenoxy) is 1. The lowest BCUT2D eigenvalue weighted by molar-refractivity contribution is 0.0607. The Hall–Kier alpha value is -1.40. The van der Waals surface area contributed by atoms with E-state index in [2.05, 4.69) is 20.9 Å². The summed E-state index contributed by atoms with van der Waals surface area (Å²) in [6.45, 7) is 0. The van der Waals surface area contributed by atoms with Crippen LogP contribution in [0.4, 0.5) is 5.13 Å². The van der Waals surface area contributed by atoms with E-state index in [-0.39, 0.29) is 0 Å². The molecule has 0 aliphatic carbocycles. The highest BCUT2D eigenvalue weighted by Gasteiger charge is 2.19. The molecule has 1 aromatic carbocycles. The average molecular weight is 313 g/mol. The molecule has 17 heavy (non-hydrogen) atoms. The van der Waals surface area contributed by atoms with Gasteiger partial charge in [-0.25, -0.2) is 9.78 Å². The first-order valence-corrected chi connectivity index (χ1v) is 6.33. The lowest BCUT2D eigenvalue weighted by Gasteiger charge is -2.01. The van der Waals surface area contributed by atoms with Gasteiger partial charge in [0.25, 0.3) is 0 Å². The van der Waals surface area contributed by atoms with E-state index in [0.717, 1.165) is 21.4 Å². The second-order valence-electron chi connectivity index (χ2n) is 3.23. The van der Waals surface area contributed by atoms with Crippen molar-refractivity contribution in [3.05, 3.63) is 33.6 Å². The van der Waals surface area contributed by atoms with Crippen molar-refractivity contribution in [3.63, 3.8) is 0 Å². The van der Waals surface area contributed by atoms with Gasteiger partial charge in [-0.2, -0.15) is 0 Å². The second kappa shape index (κ2) is 4.85. The zero-order valence-corrected chi connectivity index (χ0v) is 11.3.